The minimum Gasteiger partial charge on any atom is -0.375 e. The molecule has 0 atom stereocenters. The van der Waals surface area contributed by atoms with Crippen molar-refractivity contribution in [3.05, 3.63) is 47.0 Å². The third-order valence-electron chi connectivity index (χ3n) is 2.77. The van der Waals surface area contributed by atoms with Crippen molar-refractivity contribution in [2.24, 2.45) is 0 Å². The highest BCUT2D eigenvalue weighted by atomic mass is 32.1. The van der Waals surface area contributed by atoms with E-state index in [1.807, 2.05) is 12.3 Å². The Hall–Kier alpha value is -1.39. The molecule has 0 aliphatic rings. The van der Waals surface area contributed by atoms with Gasteiger partial charge in [-0.1, -0.05) is 30.3 Å². The smallest absolute Gasteiger partial charge is 0.180 e. The van der Waals surface area contributed by atoms with Crippen LogP contribution < -0.4 is 11.1 Å². The van der Waals surface area contributed by atoms with Gasteiger partial charge >= 0.3 is 0 Å². The molecule has 0 unspecified atom stereocenters. The van der Waals surface area contributed by atoms with E-state index in [0.29, 0.717) is 5.13 Å². The molecule has 3 N–H and O–H groups in total. The lowest BCUT2D eigenvalue weighted by Crippen LogP contribution is -2.35. The van der Waals surface area contributed by atoms with E-state index in [-0.39, 0.29) is 5.54 Å². The van der Waals surface area contributed by atoms with Crippen molar-refractivity contribution in [2.75, 3.05) is 5.73 Å². The lowest BCUT2D eigenvalue weighted by molar-refractivity contribution is 0.403. The summed E-state index contributed by atoms with van der Waals surface area (Å²) in [5.74, 6) is 0. The van der Waals surface area contributed by atoms with Crippen LogP contribution in [0.3, 0.4) is 0 Å². The number of nitrogens with zero attached hydrogens (tertiary/aromatic N) is 1. The summed E-state index contributed by atoms with van der Waals surface area (Å²) < 4.78 is 0. The summed E-state index contributed by atoms with van der Waals surface area (Å²) in [4.78, 5) is 5.21. The molecule has 2 rings (SSSR count). The molecule has 0 bridgehead atoms. The van der Waals surface area contributed by atoms with Gasteiger partial charge in [0.25, 0.3) is 0 Å². The first kappa shape index (κ1) is 12.1. The second kappa shape index (κ2) is 4.85. The molecule has 90 valence electrons. The molecule has 2 aromatic rings. The maximum Gasteiger partial charge on any atom is 0.180 e. The van der Waals surface area contributed by atoms with Crippen molar-refractivity contribution in [1.82, 2.24) is 10.3 Å². The largest absolute Gasteiger partial charge is 0.375 e. The van der Waals surface area contributed by atoms with E-state index in [1.165, 1.54) is 16.9 Å². The van der Waals surface area contributed by atoms with Crippen LogP contribution in [0, 0.1) is 0 Å². The Morgan fingerprint density at radius 3 is 2.59 bits per heavy atom. The Bertz CT molecular complexity index is 476. The fourth-order valence-electron chi connectivity index (χ4n) is 1.67. The van der Waals surface area contributed by atoms with Gasteiger partial charge in [-0.05, 0) is 19.4 Å². The molecule has 17 heavy (non-hydrogen) atoms. The van der Waals surface area contributed by atoms with Gasteiger partial charge in [-0.3, -0.25) is 0 Å². The third kappa shape index (κ3) is 3.05. The second-order valence-corrected chi connectivity index (χ2v) is 5.66. The highest BCUT2D eigenvalue weighted by molar-refractivity contribution is 7.15. The number of anilines is 1. The Labute approximate surface area is 106 Å². The highest BCUT2D eigenvalue weighted by Gasteiger charge is 2.19. The van der Waals surface area contributed by atoms with Crippen molar-refractivity contribution >= 4 is 16.5 Å². The van der Waals surface area contributed by atoms with Crippen LogP contribution in [-0.4, -0.2) is 4.98 Å². The first-order valence-electron chi connectivity index (χ1n) is 5.59. The predicted octanol–water partition coefficient (Wildman–Crippen LogP) is 2.75. The minimum atomic E-state index is -0.0555. The molecule has 1 aromatic carbocycles. The van der Waals surface area contributed by atoms with Gasteiger partial charge in [0.1, 0.15) is 0 Å². The van der Waals surface area contributed by atoms with Crippen molar-refractivity contribution < 1.29 is 0 Å². The van der Waals surface area contributed by atoms with Gasteiger partial charge in [-0.2, -0.15) is 0 Å². The first-order valence-corrected chi connectivity index (χ1v) is 6.40. The summed E-state index contributed by atoms with van der Waals surface area (Å²) >= 11 is 1.53. The molecule has 0 fully saturated rings. The molecule has 1 heterocycles. The lowest BCUT2D eigenvalue weighted by Gasteiger charge is -2.26. The average Bonchev–Trinajstić information content (AvgIpc) is 2.74. The van der Waals surface area contributed by atoms with Crippen LogP contribution in [0.1, 0.15) is 24.3 Å². The van der Waals surface area contributed by atoms with Crippen LogP contribution >= 0.6 is 11.3 Å². The van der Waals surface area contributed by atoms with E-state index in [0.717, 1.165) is 11.4 Å². The van der Waals surface area contributed by atoms with E-state index < -0.39 is 0 Å². The van der Waals surface area contributed by atoms with Gasteiger partial charge in [-0.25, -0.2) is 4.98 Å². The van der Waals surface area contributed by atoms with Crippen LogP contribution in [0.5, 0.6) is 0 Å². The molecule has 0 aliphatic heterocycles. The van der Waals surface area contributed by atoms with Gasteiger partial charge in [0, 0.05) is 23.2 Å². The number of hydrogen-bond donors (Lipinski definition) is 2. The molecule has 3 nitrogen and oxygen atoms in total. The molecule has 0 saturated heterocycles. The zero-order chi connectivity index (χ0) is 12.3. The summed E-state index contributed by atoms with van der Waals surface area (Å²) in [7, 11) is 0. The zero-order valence-corrected chi connectivity index (χ0v) is 10.9. The van der Waals surface area contributed by atoms with Crippen molar-refractivity contribution in [3.63, 3.8) is 0 Å². The highest BCUT2D eigenvalue weighted by Crippen LogP contribution is 2.21. The van der Waals surface area contributed by atoms with E-state index >= 15 is 0 Å². The third-order valence-corrected chi connectivity index (χ3v) is 3.60. The van der Waals surface area contributed by atoms with E-state index in [4.69, 9.17) is 5.73 Å². The monoisotopic (exact) mass is 247 g/mol. The number of thiazole rings is 1. The Morgan fingerprint density at radius 2 is 2.00 bits per heavy atom. The predicted molar refractivity (Wildman–Crippen MR) is 72.8 cm³/mol. The molecule has 0 saturated carbocycles. The first-order chi connectivity index (χ1) is 8.08. The quantitative estimate of drug-likeness (QED) is 0.873. The number of aromatic nitrogens is 1. The molecule has 0 spiro atoms. The topological polar surface area (TPSA) is 50.9 Å². The normalized spacial score (nSPS) is 11.6. The van der Waals surface area contributed by atoms with Crippen LogP contribution in [-0.2, 0) is 12.1 Å². The van der Waals surface area contributed by atoms with Gasteiger partial charge in [0.05, 0.1) is 0 Å². The minimum absolute atomic E-state index is 0.0555. The lowest BCUT2D eigenvalue weighted by atomic mass is 9.94. The molecule has 0 radical (unpaired) electrons. The summed E-state index contributed by atoms with van der Waals surface area (Å²) in [6.45, 7) is 5.14. The van der Waals surface area contributed by atoms with Crippen molar-refractivity contribution in [3.8, 4) is 0 Å². The van der Waals surface area contributed by atoms with Gasteiger partial charge < -0.3 is 11.1 Å². The van der Waals surface area contributed by atoms with Crippen LogP contribution in [0.25, 0.3) is 0 Å². The standard InChI is InChI=1S/C13H17N3S/c1-13(2,10-6-4-3-5-7-10)16-9-11-8-15-12(14)17-11/h3-8,16H,9H2,1-2H3,(H2,14,15). The summed E-state index contributed by atoms with van der Waals surface area (Å²) in [5.41, 5.74) is 6.83. The van der Waals surface area contributed by atoms with Gasteiger partial charge in [0.2, 0.25) is 0 Å². The van der Waals surface area contributed by atoms with Gasteiger partial charge in [-0.15, -0.1) is 11.3 Å². The van der Waals surface area contributed by atoms with E-state index in [2.05, 4.69) is 48.4 Å². The molecule has 0 aliphatic carbocycles. The van der Waals surface area contributed by atoms with Gasteiger partial charge in [0.15, 0.2) is 5.13 Å². The van der Waals surface area contributed by atoms with Crippen molar-refractivity contribution in [2.45, 2.75) is 25.9 Å². The number of nitrogen functional groups attached to an aromatic ring is 1. The Kier molecular flexibility index (Phi) is 3.45. The number of rotatable bonds is 4. The number of nitrogens with one attached hydrogen (secondary N) is 1. The fraction of sp³-hybridized carbons (Fsp3) is 0.308. The maximum absolute atomic E-state index is 5.61. The summed E-state index contributed by atoms with van der Waals surface area (Å²) in [6, 6.07) is 10.4. The van der Waals surface area contributed by atoms with Crippen LogP contribution in [0.2, 0.25) is 0 Å². The van der Waals surface area contributed by atoms with E-state index in [1.54, 1.807) is 0 Å². The number of benzene rings is 1. The van der Waals surface area contributed by atoms with E-state index in [9.17, 15) is 0 Å². The maximum atomic E-state index is 5.61. The molecule has 1 aromatic heterocycles. The summed E-state index contributed by atoms with van der Waals surface area (Å²) in [5, 5.41) is 4.14. The number of hydrogen-bond acceptors (Lipinski definition) is 4. The average molecular weight is 247 g/mol. The summed E-state index contributed by atoms with van der Waals surface area (Å²) in [6.07, 6.45) is 1.83. The molecule has 4 heteroatoms. The Balaban J connectivity index is 2.03. The molecular formula is C13H17N3S. The second-order valence-electron chi connectivity index (χ2n) is 4.51. The SMILES string of the molecule is CC(C)(NCc1cnc(N)s1)c1ccccc1. The fourth-order valence-corrected chi connectivity index (χ4v) is 2.29. The zero-order valence-electron chi connectivity index (χ0n) is 10.1. The molecule has 0 amide bonds. The molecular weight excluding hydrogens is 230 g/mol. The number of nitrogens with two attached hydrogens (primary N) is 1. The Morgan fingerprint density at radius 1 is 1.29 bits per heavy atom. The van der Waals surface area contributed by atoms with Crippen LogP contribution in [0.15, 0.2) is 36.5 Å². The van der Waals surface area contributed by atoms with Crippen LogP contribution in [0.4, 0.5) is 5.13 Å². The van der Waals surface area contributed by atoms with Crippen molar-refractivity contribution in [1.29, 1.82) is 0 Å².